The first kappa shape index (κ1) is 38.1. The van der Waals surface area contributed by atoms with Crippen molar-refractivity contribution in [3.8, 4) is 0 Å². The van der Waals surface area contributed by atoms with Gasteiger partial charge in [0.15, 0.2) is 0 Å². The van der Waals surface area contributed by atoms with Gasteiger partial charge in [0.25, 0.3) is 0 Å². The van der Waals surface area contributed by atoms with Crippen molar-refractivity contribution >= 4 is 5.91 Å². The van der Waals surface area contributed by atoms with E-state index in [1.54, 1.807) is 0 Å². The van der Waals surface area contributed by atoms with Gasteiger partial charge in [0.1, 0.15) is 0 Å². The third-order valence-electron chi connectivity index (χ3n) is 8.03. The van der Waals surface area contributed by atoms with Gasteiger partial charge in [-0.3, -0.25) is 4.79 Å². The molecule has 0 rings (SSSR count). The quantitative estimate of drug-likeness (QED) is 0.0593. The van der Waals surface area contributed by atoms with E-state index in [2.05, 4.69) is 31.3 Å². The Morgan fingerprint density at radius 1 is 0.590 bits per heavy atom. The maximum absolute atomic E-state index is 12.3. The number of rotatable bonds is 31. The molecule has 0 radical (unpaired) electrons. The average Bonchev–Trinajstić information content (AvgIpc) is 2.94. The summed E-state index contributed by atoms with van der Waals surface area (Å²) in [5.41, 5.74) is 0. The molecular formula is C35H69NO3. The third kappa shape index (κ3) is 28.5. The Morgan fingerprint density at radius 2 is 0.974 bits per heavy atom. The molecule has 0 saturated heterocycles. The number of allylic oxidation sites excluding steroid dienone is 2. The van der Waals surface area contributed by atoms with Gasteiger partial charge in [0, 0.05) is 6.42 Å². The summed E-state index contributed by atoms with van der Waals surface area (Å²) in [7, 11) is 0. The van der Waals surface area contributed by atoms with Crippen LogP contribution in [0, 0.1) is 0 Å². The van der Waals surface area contributed by atoms with Crippen LogP contribution in [0.1, 0.15) is 187 Å². The lowest BCUT2D eigenvalue weighted by atomic mass is 10.0. The molecule has 2 unspecified atom stereocenters. The highest BCUT2D eigenvalue weighted by Gasteiger charge is 2.19. The fourth-order valence-corrected chi connectivity index (χ4v) is 5.29. The lowest BCUT2D eigenvalue weighted by Crippen LogP contribution is -2.45. The SMILES string of the molecule is CCCCCCCC/C=C\CCCCCC(=O)NC(CO)C(O)CCCCCCCCCCCCCCCC. The number of hydrogen-bond donors (Lipinski definition) is 3. The standard InChI is InChI=1S/C35H69NO3/c1-3-5-7-9-11-13-15-17-19-20-22-24-26-28-30-34(38)33(32-37)36-35(39)31-29-27-25-23-21-18-16-14-12-10-8-6-4-2/h18,21,33-34,37-38H,3-17,19-20,22-32H2,1-2H3,(H,36,39)/b21-18-. The normalized spacial score (nSPS) is 13.2. The first-order valence-corrected chi connectivity index (χ1v) is 17.4. The minimum absolute atomic E-state index is 0.0484. The van der Waals surface area contributed by atoms with Crippen molar-refractivity contribution in [1.82, 2.24) is 5.32 Å². The predicted octanol–water partition coefficient (Wildman–Crippen LogP) is 9.95. The summed E-state index contributed by atoms with van der Waals surface area (Å²) in [4.78, 5) is 12.3. The van der Waals surface area contributed by atoms with Crippen LogP contribution in [0.3, 0.4) is 0 Å². The van der Waals surface area contributed by atoms with Gasteiger partial charge in [0.05, 0.1) is 18.8 Å². The van der Waals surface area contributed by atoms with E-state index in [1.807, 2.05) is 0 Å². The van der Waals surface area contributed by atoms with Crippen LogP contribution in [0.15, 0.2) is 12.2 Å². The van der Waals surface area contributed by atoms with Crippen molar-refractivity contribution in [3.05, 3.63) is 12.2 Å². The van der Waals surface area contributed by atoms with Gasteiger partial charge in [-0.25, -0.2) is 0 Å². The van der Waals surface area contributed by atoms with E-state index in [-0.39, 0.29) is 12.5 Å². The second-order valence-corrected chi connectivity index (χ2v) is 11.9. The molecule has 0 aliphatic rings. The van der Waals surface area contributed by atoms with Gasteiger partial charge in [0.2, 0.25) is 5.91 Å². The third-order valence-corrected chi connectivity index (χ3v) is 8.03. The average molecular weight is 552 g/mol. The van der Waals surface area contributed by atoms with E-state index < -0.39 is 12.1 Å². The monoisotopic (exact) mass is 552 g/mol. The molecule has 0 spiro atoms. The molecule has 1 amide bonds. The second kappa shape index (κ2) is 31.7. The predicted molar refractivity (Wildman–Crippen MR) is 170 cm³/mol. The summed E-state index contributed by atoms with van der Waals surface area (Å²) < 4.78 is 0. The number of aliphatic hydroxyl groups is 2. The zero-order valence-corrected chi connectivity index (χ0v) is 26.4. The summed E-state index contributed by atoms with van der Waals surface area (Å²) in [5.74, 6) is -0.0484. The molecule has 3 N–H and O–H groups in total. The summed E-state index contributed by atoms with van der Waals surface area (Å²) in [6.45, 7) is 4.33. The van der Waals surface area contributed by atoms with Gasteiger partial charge >= 0.3 is 0 Å². The maximum atomic E-state index is 12.3. The van der Waals surface area contributed by atoms with E-state index in [1.165, 1.54) is 122 Å². The molecule has 0 aromatic heterocycles. The highest BCUT2D eigenvalue weighted by molar-refractivity contribution is 5.76. The molecule has 232 valence electrons. The fourth-order valence-electron chi connectivity index (χ4n) is 5.29. The van der Waals surface area contributed by atoms with Crippen LogP contribution < -0.4 is 5.32 Å². The topological polar surface area (TPSA) is 69.6 Å². The zero-order valence-electron chi connectivity index (χ0n) is 26.4. The Hall–Kier alpha value is -0.870. The largest absolute Gasteiger partial charge is 0.394 e. The van der Waals surface area contributed by atoms with Crippen LogP contribution in [-0.4, -0.2) is 34.9 Å². The second-order valence-electron chi connectivity index (χ2n) is 11.9. The van der Waals surface area contributed by atoms with Crippen LogP contribution in [0.4, 0.5) is 0 Å². The van der Waals surface area contributed by atoms with Gasteiger partial charge in [-0.15, -0.1) is 0 Å². The summed E-state index contributed by atoms with van der Waals surface area (Å²) in [6, 6.07) is -0.538. The molecule has 39 heavy (non-hydrogen) atoms. The molecular weight excluding hydrogens is 482 g/mol. The molecule has 0 bridgehead atoms. The van der Waals surface area contributed by atoms with Crippen molar-refractivity contribution in [1.29, 1.82) is 0 Å². The van der Waals surface area contributed by atoms with Crippen LogP contribution in [-0.2, 0) is 4.79 Å². The number of nitrogens with one attached hydrogen (secondary N) is 1. The van der Waals surface area contributed by atoms with Crippen molar-refractivity contribution in [3.63, 3.8) is 0 Å². The molecule has 4 nitrogen and oxygen atoms in total. The number of unbranched alkanes of at least 4 members (excludes halogenated alkanes) is 22. The van der Waals surface area contributed by atoms with Crippen LogP contribution in [0.25, 0.3) is 0 Å². The first-order valence-electron chi connectivity index (χ1n) is 17.4. The van der Waals surface area contributed by atoms with Gasteiger partial charge in [-0.2, -0.15) is 0 Å². The smallest absolute Gasteiger partial charge is 0.220 e. The Morgan fingerprint density at radius 3 is 1.41 bits per heavy atom. The van der Waals surface area contributed by atoms with E-state index in [0.29, 0.717) is 12.8 Å². The molecule has 0 aliphatic carbocycles. The van der Waals surface area contributed by atoms with Crippen LogP contribution >= 0.6 is 0 Å². The number of carbonyl (C=O) groups is 1. The summed E-state index contributed by atoms with van der Waals surface area (Å²) in [6.07, 6.45) is 36.8. The molecule has 0 saturated carbocycles. The highest BCUT2D eigenvalue weighted by atomic mass is 16.3. The number of carbonyl (C=O) groups excluding carboxylic acids is 1. The van der Waals surface area contributed by atoms with E-state index in [4.69, 9.17) is 0 Å². The number of aliphatic hydroxyl groups excluding tert-OH is 2. The Bertz CT molecular complexity index is 522. The molecule has 0 heterocycles. The molecule has 0 aromatic carbocycles. The van der Waals surface area contributed by atoms with Crippen molar-refractivity contribution < 1.29 is 15.0 Å². The Balaban J connectivity index is 3.59. The fraction of sp³-hybridized carbons (Fsp3) is 0.914. The van der Waals surface area contributed by atoms with Crippen LogP contribution in [0.5, 0.6) is 0 Å². The van der Waals surface area contributed by atoms with Gasteiger partial charge in [-0.1, -0.05) is 154 Å². The van der Waals surface area contributed by atoms with E-state index in [0.717, 1.165) is 38.5 Å². The lowest BCUT2D eigenvalue weighted by Gasteiger charge is -2.22. The lowest BCUT2D eigenvalue weighted by molar-refractivity contribution is -0.123. The molecule has 4 heteroatoms. The molecule has 0 aliphatic heterocycles. The maximum Gasteiger partial charge on any atom is 0.220 e. The highest BCUT2D eigenvalue weighted by Crippen LogP contribution is 2.15. The number of hydrogen-bond acceptors (Lipinski definition) is 3. The van der Waals surface area contributed by atoms with Gasteiger partial charge in [-0.05, 0) is 38.5 Å². The summed E-state index contributed by atoms with van der Waals surface area (Å²) in [5, 5.41) is 23.0. The Labute approximate surface area is 244 Å². The van der Waals surface area contributed by atoms with Crippen molar-refractivity contribution in [2.24, 2.45) is 0 Å². The minimum Gasteiger partial charge on any atom is -0.394 e. The first-order chi connectivity index (χ1) is 19.2. The van der Waals surface area contributed by atoms with E-state index >= 15 is 0 Å². The van der Waals surface area contributed by atoms with E-state index in [9.17, 15) is 15.0 Å². The molecule has 0 fully saturated rings. The van der Waals surface area contributed by atoms with Crippen molar-refractivity contribution in [2.75, 3.05) is 6.61 Å². The van der Waals surface area contributed by atoms with Gasteiger partial charge < -0.3 is 15.5 Å². The number of amides is 1. The minimum atomic E-state index is -0.659. The Kier molecular flexibility index (Phi) is 30.9. The van der Waals surface area contributed by atoms with Crippen molar-refractivity contribution in [2.45, 2.75) is 199 Å². The molecule has 0 aromatic rings. The summed E-state index contributed by atoms with van der Waals surface area (Å²) >= 11 is 0. The van der Waals surface area contributed by atoms with Crippen LogP contribution in [0.2, 0.25) is 0 Å². The zero-order chi connectivity index (χ0) is 28.7. The molecule has 2 atom stereocenters.